The number of halogens is 1. The van der Waals surface area contributed by atoms with Crippen LogP contribution < -0.4 is 4.90 Å². The van der Waals surface area contributed by atoms with Crippen LogP contribution in [0.1, 0.15) is 5.56 Å². The van der Waals surface area contributed by atoms with Crippen LogP contribution in [-0.2, 0) is 20.3 Å². The van der Waals surface area contributed by atoms with Gasteiger partial charge in [0.05, 0.1) is 7.05 Å². The Morgan fingerprint density at radius 1 is 1.08 bits per heavy atom. The highest BCUT2D eigenvalue weighted by Gasteiger charge is 2.13. The van der Waals surface area contributed by atoms with Crippen molar-refractivity contribution in [1.82, 2.24) is 14.3 Å². The molecule has 1 unspecified atom stereocenters. The first-order valence-corrected chi connectivity index (χ1v) is 8.20. The molecule has 2 aromatic carbocycles. The summed E-state index contributed by atoms with van der Waals surface area (Å²) in [6.45, 7) is 1.56. The lowest BCUT2D eigenvalue weighted by Gasteiger charge is -2.13. The fourth-order valence-electron chi connectivity index (χ4n) is 2.70. The molecule has 124 valence electrons. The average Bonchev–Trinajstić information content (AvgIpc) is 2.85. The summed E-state index contributed by atoms with van der Waals surface area (Å²) >= 11 is 5.50. The van der Waals surface area contributed by atoms with E-state index in [1.54, 1.807) is 12.1 Å². The van der Waals surface area contributed by atoms with E-state index in [0.717, 1.165) is 17.9 Å². The Labute approximate surface area is 145 Å². The maximum atomic E-state index is 13.1. The zero-order chi connectivity index (χ0) is 17.1. The molecule has 0 aliphatic carbocycles. The van der Waals surface area contributed by atoms with Crippen molar-refractivity contribution in [3.05, 3.63) is 70.7 Å². The van der Waals surface area contributed by atoms with Crippen molar-refractivity contribution in [2.45, 2.75) is 13.2 Å². The second kappa shape index (κ2) is 7.07. The van der Waals surface area contributed by atoms with Gasteiger partial charge >= 0.3 is 0 Å². The molecule has 0 radical (unpaired) electrons. The van der Waals surface area contributed by atoms with Crippen LogP contribution in [0.15, 0.2) is 54.6 Å². The Kier molecular flexibility index (Phi) is 4.87. The molecule has 0 spiro atoms. The van der Waals surface area contributed by atoms with Crippen LogP contribution >= 0.6 is 12.2 Å². The zero-order valence-electron chi connectivity index (χ0n) is 13.7. The van der Waals surface area contributed by atoms with Gasteiger partial charge in [-0.05, 0) is 36.5 Å². The second-order valence-corrected chi connectivity index (χ2v) is 6.31. The fourth-order valence-corrected chi connectivity index (χ4v) is 2.89. The number of benzene rings is 2. The van der Waals surface area contributed by atoms with Crippen LogP contribution in [0.4, 0.5) is 4.39 Å². The fraction of sp³-hybridized carbons (Fsp3) is 0.222. The third-order valence-electron chi connectivity index (χ3n) is 3.91. The first kappa shape index (κ1) is 16.5. The van der Waals surface area contributed by atoms with Crippen molar-refractivity contribution in [3.63, 3.8) is 0 Å². The van der Waals surface area contributed by atoms with Crippen LogP contribution in [0, 0.1) is 10.6 Å². The minimum Gasteiger partial charge on any atom is -0.315 e. The summed E-state index contributed by atoms with van der Waals surface area (Å²) in [6.07, 6.45) is 0. The SMILES string of the molecule is Cn1c(-c2ccc(F)cc2)nn(C[NH+](C)Cc2ccccc2)c1=S. The predicted molar refractivity (Wildman–Crippen MR) is 94.5 cm³/mol. The van der Waals surface area contributed by atoms with Crippen LogP contribution in [-0.4, -0.2) is 21.4 Å². The molecule has 0 bridgehead atoms. The lowest BCUT2D eigenvalue weighted by Crippen LogP contribution is -3.07. The summed E-state index contributed by atoms with van der Waals surface area (Å²) in [5, 5.41) is 4.62. The number of aromatic nitrogens is 3. The van der Waals surface area contributed by atoms with Crippen molar-refractivity contribution < 1.29 is 9.29 Å². The van der Waals surface area contributed by atoms with Gasteiger partial charge in [-0.3, -0.25) is 0 Å². The van der Waals surface area contributed by atoms with Gasteiger partial charge in [-0.2, -0.15) is 4.68 Å². The van der Waals surface area contributed by atoms with E-state index in [-0.39, 0.29) is 5.82 Å². The predicted octanol–water partition coefficient (Wildman–Crippen LogP) is 2.43. The first-order valence-electron chi connectivity index (χ1n) is 7.79. The molecule has 24 heavy (non-hydrogen) atoms. The number of quaternary nitrogens is 1. The molecule has 1 N–H and O–H groups in total. The van der Waals surface area contributed by atoms with E-state index >= 15 is 0 Å². The van der Waals surface area contributed by atoms with Gasteiger partial charge in [0.15, 0.2) is 12.5 Å². The van der Waals surface area contributed by atoms with Crippen molar-refractivity contribution in [3.8, 4) is 11.4 Å². The van der Waals surface area contributed by atoms with Gasteiger partial charge in [0.2, 0.25) is 4.77 Å². The number of rotatable bonds is 5. The van der Waals surface area contributed by atoms with E-state index in [0.29, 0.717) is 11.4 Å². The lowest BCUT2D eigenvalue weighted by molar-refractivity contribution is -0.917. The molecule has 3 rings (SSSR count). The minimum absolute atomic E-state index is 0.258. The van der Waals surface area contributed by atoms with Gasteiger partial charge in [0.1, 0.15) is 12.4 Å². The number of nitrogens with zero attached hydrogens (tertiary/aromatic N) is 3. The van der Waals surface area contributed by atoms with Crippen molar-refractivity contribution >= 4 is 12.2 Å². The van der Waals surface area contributed by atoms with Crippen LogP contribution in [0.25, 0.3) is 11.4 Å². The molecule has 3 aromatic rings. The summed E-state index contributed by atoms with van der Waals surface area (Å²) in [5.41, 5.74) is 2.13. The Bertz CT molecular complexity index is 868. The van der Waals surface area contributed by atoms with Gasteiger partial charge < -0.3 is 9.47 Å². The summed E-state index contributed by atoms with van der Waals surface area (Å²) in [5.74, 6) is 0.485. The molecule has 0 fully saturated rings. The van der Waals surface area contributed by atoms with Gasteiger partial charge in [-0.25, -0.2) is 4.39 Å². The number of hydrogen-bond acceptors (Lipinski definition) is 2. The molecule has 1 aromatic heterocycles. The van der Waals surface area contributed by atoms with E-state index < -0.39 is 0 Å². The zero-order valence-corrected chi connectivity index (χ0v) is 14.6. The number of hydrogen-bond donors (Lipinski definition) is 1. The average molecular weight is 343 g/mol. The first-order chi connectivity index (χ1) is 11.5. The normalized spacial score (nSPS) is 12.3. The highest BCUT2D eigenvalue weighted by Crippen LogP contribution is 2.17. The van der Waals surface area contributed by atoms with Crippen LogP contribution in [0.3, 0.4) is 0 Å². The molecule has 0 amide bonds. The van der Waals surface area contributed by atoms with Crippen LogP contribution in [0.5, 0.6) is 0 Å². The molecule has 1 atom stereocenters. The second-order valence-electron chi connectivity index (χ2n) is 5.95. The highest BCUT2D eigenvalue weighted by atomic mass is 32.1. The van der Waals surface area contributed by atoms with E-state index in [1.807, 2.05) is 34.5 Å². The summed E-state index contributed by atoms with van der Waals surface area (Å²) in [6, 6.07) is 16.6. The van der Waals surface area contributed by atoms with Gasteiger partial charge in [0, 0.05) is 18.2 Å². The minimum atomic E-state index is -0.258. The summed E-state index contributed by atoms with van der Waals surface area (Å²) in [7, 11) is 4.00. The van der Waals surface area contributed by atoms with E-state index in [9.17, 15) is 4.39 Å². The Morgan fingerprint density at radius 3 is 2.42 bits per heavy atom. The smallest absolute Gasteiger partial charge is 0.202 e. The summed E-state index contributed by atoms with van der Waals surface area (Å²) in [4.78, 5) is 1.28. The van der Waals surface area contributed by atoms with Crippen molar-refractivity contribution in [1.29, 1.82) is 0 Å². The maximum Gasteiger partial charge on any atom is 0.202 e. The molecular formula is C18H20FN4S+. The standard InChI is InChI=1S/C18H19FN4S/c1-21(12-14-6-4-3-5-7-14)13-23-18(24)22(2)17(20-23)15-8-10-16(19)11-9-15/h3-11H,12-13H2,1-2H3/p+1. The van der Waals surface area contributed by atoms with E-state index in [4.69, 9.17) is 12.2 Å². The molecular weight excluding hydrogens is 323 g/mol. The van der Waals surface area contributed by atoms with Crippen molar-refractivity contribution in [2.75, 3.05) is 7.05 Å². The quantitative estimate of drug-likeness (QED) is 0.721. The Balaban J connectivity index is 1.80. The van der Waals surface area contributed by atoms with Gasteiger partial charge in [-0.1, -0.05) is 30.3 Å². The molecule has 0 aliphatic rings. The summed E-state index contributed by atoms with van der Waals surface area (Å²) < 4.78 is 17.4. The van der Waals surface area contributed by atoms with Crippen LogP contribution in [0.2, 0.25) is 0 Å². The van der Waals surface area contributed by atoms with Crippen molar-refractivity contribution in [2.24, 2.45) is 7.05 Å². The molecule has 0 saturated heterocycles. The van der Waals surface area contributed by atoms with E-state index in [2.05, 4.69) is 24.3 Å². The molecule has 1 heterocycles. The molecule has 4 nitrogen and oxygen atoms in total. The molecule has 0 saturated carbocycles. The van der Waals surface area contributed by atoms with E-state index in [1.165, 1.54) is 22.6 Å². The largest absolute Gasteiger partial charge is 0.315 e. The topological polar surface area (TPSA) is 27.2 Å². The third kappa shape index (κ3) is 3.60. The molecule has 0 aliphatic heterocycles. The Morgan fingerprint density at radius 2 is 1.75 bits per heavy atom. The maximum absolute atomic E-state index is 13.1. The monoisotopic (exact) mass is 343 g/mol. The van der Waals surface area contributed by atoms with Gasteiger partial charge in [0.25, 0.3) is 0 Å². The third-order valence-corrected chi connectivity index (χ3v) is 4.40. The number of nitrogens with one attached hydrogen (secondary N) is 1. The Hall–Kier alpha value is -2.31. The molecule has 6 heteroatoms. The highest BCUT2D eigenvalue weighted by molar-refractivity contribution is 7.71. The van der Waals surface area contributed by atoms with Gasteiger partial charge in [-0.15, -0.1) is 5.10 Å². The lowest BCUT2D eigenvalue weighted by atomic mass is 10.2.